The van der Waals surface area contributed by atoms with Crippen molar-refractivity contribution in [1.29, 1.82) is 0 Å². The van der Waals surface area contributed by atoms with Crippen LogP contribution in [0.4, 0.5) is 4.79 Å². The van der Waals surface area contributed by atoms with Gasteiger partial charge < -0.3 is 15.0 Å². The summed E-state index contributed by atoms with van der Waals surface area (Å²) in [5.41, 5.74) is 0. The van der Waals surface area contributed by atoms with Crippen LogP contribution >= 0.6 is 0 Å². The van der Waals surface area contributed by atoms with Crippen molar-refractivity contribution in [1.82, 2.24) is 10.2 Å². The van der Waals surface area contributed by atoms with Gasteiger partial charge in [0.1, 0.15) is 0 Å². The number of rotatable bonds is 5. The van der Waals surface area contributed by atoms with E-state index in [-0.39, 0.29) is 30.0 Å². The molecule has 1 aliphatic rings. The van der Waals surface area contributed by atoms with Crippen molar-refractivity contribution < 1.29 is 14.3 Å². The lowest BCUT2D eigenvalue weighted by Gasteiger charge is -2.32. The van der Waals surface area contributed by atoms with Crippen molar-refractivity contribution in [2.24, 2.45) is 5.92 Å². The van der Waals surface area contributed by atoms with Gasteiger partial charge in [-0.1, -0.05) is 26.2 Å². The fourth-order valence-corrected chi connectivity index (χ4v) is 2.60. The SMILES string of the molecule is COC(=O)C(C)CN(C(=O)NC1CCCCC1)C(C)C. The highest BCUT2D eigenvalue weighted by Crippen LogP contribution is 2.18. The van der Waals surface area contributed by atoms with Crippen LogP contribution < -0.4 is 5.32 Å². The molecule has 0 aliphatic heterocycles. The lowest BCUT2D eigenvalue weighted by Crippen LogP contribution is -2.50. The van der Waals surface area contributed by atoms with Crippen molar-refractivity contribution >= 4 is 12.0 Å². The number of urea groups is 1. The zero-order chi connectivity index (χ0) is 15.1. The number of ether oxygens (including phenoxy) is 1. The highest BCUT2D eigenvalue weighted by atomic mass is 16.5. The van der Waals surface area contributed by atoms with Crippen LogP contribution in [0.5, 0.6) is 0 Å². The molecule has 0 bridgehead atoms. The van der Waals surface area contributed by atoms with Crippen LogP contribution in [0.25, 0.3) is 0 Å². The minimum Gasteiger partial charge on any atom is -0.469 e. The van der Waals surface area contributed by atoms with E-state index in [0.29, 0.717) is 6.54 Å². The molecular formula is C15H28N2O3. The van der Waals surface area contributed by atoms with E-state index in [4.69, 9.17) is 4.74 Å². The minimum atomic E-state index is -0.306. The Morgan fingerprint density at radius 3 is 2.30 bits per heavy atom. The molecule has 0 radical (unpaired) electrons. The Morgan fingerprint density at radius 2 is 1.80 bits per heavy atom. The van der Waals surface area contributed by atoms with E-state index in [1.54, 1.807) is 11.8 Å². The van der Waals surface area contributed by atoms with Gasteiger partial charge in [-0.05, 0) is 26.7 Å². The molecule has 116 valence electrons. The van der Waals surface area contributed by atoms with Crippen LogP contribution in [0.2, 0.25) is 0 Å². The highest BCUT2D eigenvalue weighted by molar-refractivity contribution is 5.77. The van der Waals surface area contributed by atoms with Gasteiger partial charge in [0, 0.05) is 18.6 Å². The van der Waals surface area contributed by atoms with Crippen LogP contribution in [0, 0.1) is 5.92 Å². The molecular weight excluding hydrogens is 256 g/mol. The smallest absolute Gasteiger partial charge is 0.317 e. The maximum absolute atomic E-state index is 12.4. The standard InChI is InChI=1S/C15H28N2O3/c1-11(2)17(10-12(3)14(18)20-4)15(19)16-13-8-6-5-7-9-13/h11-13H,5-10H2,1-4H3,(H,16,19). The van der Waals surface area contributed by atoms with E-state index in [9.17, 15) is 9.59 Å². The summed E-state index contributed by atoms with van der Waals surface area (Å²) in [6, 6.07) is 0.277. The molecule has 0 aromatic heterocycles. The first-order chi connectivity index (χ1) is 9.45. The lowest BCUT2D eigenvalue weighted by atomic mass is 9.96. The summed E-state index contributed by atoms with van der Waals surface area (Å²) in [4.78, 5) is 25.6. The first-order valence-corrected chi connectivity index (χ1v) is 7.60. The largest absolute Gasteiger partial charge is 0.469 e. The molecule has 1 saturated carbocycles. The summed E-state index contributed by atoms with van der Waals surface area (Å²) in [5.74, 6) is -0.583. The van der Waals surface area contributed by atoms with Crippen LogP contribution in [-0.2, 0) is 9.53 Å². The average Bonchev–Trinajstić information content (AvgIpc) is 2.44. The number of esters is 1. The summed E-state index contributed by atoms with van der Waals surface area (Å²) in [7, 11) is 1.38. The first kappa shape index (κ1) is 16.8. The zero-order valence-corrected chi connectivity index (χ0v) is 13.1. The summed E-state index contributed by atoms with van der Waals surface area (Å²) < 4.78 is 4.73. The van der Waals surface area contributed by atoms with E-state index in [1.165, 1.54) is 26.4 Å². The molecule has 1 rings (SSSR count). The van der Waals surface area contributed by atoms with Gasteiger partial charge in [0.2, 0.25) is 0 Å². The number of hydrogen-bond acceptors (Lipinski definition) is 3. The zero-order valence-electron chi connectivity index (χ0n) is 13.1. The Bertz CT molecular complexity index is 325. The third kappa shape index (κ3) is 5.02. The summed E-state index contributed by atoms with van der Waals surface area (Å²) >= 11 is 0. The number of amides is 2. The normalized spacial score (nSPS) is 17.6. The Labute approximate surface area is 122 Å². The van der Waals surface area contributed by atoms with Crippen molar-refractivity contribution in [2.75, 3.05) is 13.7 Å². The van der Waals surface area contributed by atoms with Gasteiger partial charge in [0.25, 0.3) is 0 Å². The van der Waals surface area contributed by atoms with Gasteiger partial charge in [-0.15, -0.1) is 0 Å². The Morgan fingerprint density at radius 1 is 1.20 bits per heavy atom. The maximum Gasteiger partial charge on any atom is 0.317 e. The molecule has 0 saturated heterocycles. The third-order valence-corrected chi connectivity index (χ3v) is 3.89. The molecule has 0 aromatic rings. The fourth-order valence-electron chi connectivity index (χ4n) is 2.60. The molecule has 2 amide bonds. The van der Waals surface area contributed by atoms with Gasteiger partial charge in [0.15, 0.2) is 0 Å². The second kappa shape index (κ2) is 8.12. The fraction of sp³-hybridized carbons (Fsp3) is 0.867. The molecule has 5 heteroatoms. The average molecular weight is 284 g/mol. The Hall–Kier alpha value is -1.26. The van der Waals surface area contributed by atoms with Crippen molar-refractivity contribution in [3.05, 3.63) is 0 Å². The number of nitrogens with zero attached hydrogens (tertiary/aromatic N) is 1. The minimum absolute atomic E-state index is 0.0608. The number of carbonyl (C=O) groups excluding carboxylic acids is 2. The molecule has 1 atom stereocenters. The molecule has 1 N–H and O–H groups in total. The Kier molecular flexibility index (Phi) is 6.82. The van der Waals surface area contributed by atoms with Gasteiger partial charge in [-0.25, -0.2) is 4.79 Å². The molecule has 5 nitrogen and oxygen atoms in total. The van der Waals surface area contributed by atoms with Gasteiger partial charge >= 0.3 is 12.0 Å². The summed E-state index contributed by atoms with van der Waals surface area (Å²) in [6.45, 7) is 6.10. The number of nitrogens with one attached hydrogen (secondary N) is 1. The van der Waals surface area contributed by atoms with E-state index in [2.05, 4.69) is 5.32 Å². The predicted octanol–water partition coefficient (Wildman–Crippen LogP) is 2.55. The van der Waals surface area contributed by atoms with E-state index in [1.807, 2.05) is 13.8 Å². The topological polar surface area (TPSA) is 58.6 Å². The first-order valence-electron chi connectivity index (χ1n) is 7.60. The van der Waals surface area contributed by atoms with Gasteiger partial charge in [-0.2, -0.15) is 0 Å². The van der Waals surface area contributed by atoms with Crippen LogP contribution in [0.1, 0.15) is 52.9 Å². The number of carbonyl (C=O) groups is 2. The van der Waals surface area contributed by atoms with Crippen molar-refractivity contribution in [3.63, 3.8) is 0 Å². The highest BCUT2D eigenvalue weighted by Gasteiger charge is 2.25. The molecule has 0 aromatic carbocycles. The van der Waals surface area contributed by atoms with Crippen molar-refractivity contribution in [3.8, 4) is 0 Å². The molecule has 20 heavy (non-hydrogen) atoms. The van der Waals surface area contributed by atoms with Crippen LogP contribution in [0.3, 0.4) is 0 Å². The summed E-state index contributed by atoms with van der Waals surface area (Å²) in [5, 5.41) is 3.10. The Balaban J connectivity index is 2.55. The molecule has 0 heterocycles. The quantitative estimate of drug-likeness (QED) is 0.789. The molecule has 1 fully saturated rings. The van der Waals surface area contributed by atoms with Crippen LogP contribution in [-0.4, -0.2) is 42.6 Å². The van der Waals surface area contributed by atoms with Gasteiger partial charge in [-0.3, -0.25) is 4.79 Å². The monoisotopic (exact) mass is 284 g/mol. The maximum atomic E-state index is 12.4. The van der Waals surface area contributed by atoms with E-state index < -0.39 is 0 Å². The second-order valence-corrected chi connectivity index (χ2v) is 5.95. The summed E-state index contributed by atoms with van der Waals surface area (Å²) in [6.07, 6.45) is 5.75. The molecule has 1 unspecified atom stereocenters. The van der Waals surface area contributed by atoms with E-state index in [0.717, 1.165) is 12.8 Å². The number of hydrogen-bond donors (Lipinski definition) is 1. The van der Waals surface area contributed by atoms with Gasteiger partial charge in [0.05, 0.1) is 13.0 Å². The lowest BCUT2D eigenvalue weighted by molar-refractivity contribution is -0.145. The molecule has 1 aliphatic carbocycles. The van der Waals surface area contributed by atoms with Crippen molar-refractivity contribution in [2.45, 2.75) is 65.0 Å². The third-order valence-electron chi connectivity index (χ3n) is 3.89. The predicted molar refractivity (Wildman–Crippen MR) is 78.4 cm³/mol. The number of methoxy groups -OCH3 is 1. The second-order valence-electron chi connectivity index (χ2n) is 5.95. The van der Waals surface area contributed by atoms with Crippen LogP contribution in [0.15, 0.2) is 0 Å². The van der Waals surface area contributed by atoms with E-state index >= 15 is 0 Å². The molecule has 0 spiro atoms.